The number of rotatable bonds is 7. The van der Waals surface area contributed by atoms with Gasteiger partial charge in [-0.25, -0.2) is 9.07 Å². The highest BCUT2D eigenvalue weighted by Gasteiger charge is 2.38. The summed E-state index contributed by atoms with van der Waals surface area (Å²) in [6.45, 7) is -0.138. The van der Waals surface area contributed by atoms with Crippen LogP contribution in [0.1, 0.15) is 11.1 Å². The number of nitro benzene ring substituents is 2. The van der Waals surface area contributed by atoms with Gasteiger partial charge in [0, 0.05) is 29.5 Å². The first-order valence-corrected chi connectivity index (χ1v) is 10.6. The van der Waals surface area contributed by atoms with Gasteiger partial charge in [0.1, 0.15) is 18.2 Å². The van der Waals surface area contributed by atoms with E-state index in [0.29, 0.717) is 11.3 Å². The number of halogens is 5. The Balaban J connectivity index is 1.64. The maximum absolute atomic E-state index is 13.9. The zero-order chi connectivity index (χ0) is 26.9. The molecule has 0 fully saturated rings. The maximum atomic E-state index is 13.9. The molecule has 4 rings (SSSR count). The number of alkyl halides is 3. The standard InChI is InChI=1S/C23H13ClF4N4O5/c24-17-2-1-3-18(25)16(17)12-37-15-6-4-13(5-7-15)19-8-9-30(29-19)22-20(31(33)34)10-14(23(26,27)28)11-21(22)32(35)36/h1-11H,12H2. The molecule has 0 radical (unpaired) electrons. The number of ether oxygens (including phenoxy) is 1. The van der Waals surface area contributed by atoms with Gasteiger partial charge < -0.3 is 4.74 Å². The lowest BCUT2D eigenvalue weighted by Crippen LogP contribution is -2.11. The van der Waals surface area contributed by atoms with Crippen molar-refractivity contribution in [3.8, 4) is 22.7 Å². The molecule has 0 bridgehead atoms. The number of aromatic nitrogens is 2. The third kappa shape index (κ3) is 5.35. The first-order chi connectivity index (χ1) is 17.5. The van der Waals surface area contributed by atoms with Gasteiger partial charge in [-0.1, -0.05) is 17.7 Å². The highest BCUT2D eigenvalue weighted by molar-refractivity contribution is 6.31. The first-order valence-electron chi connectivity index (χ1n) is 10.2. The zero-order valence-corrected chi connectivity index (χ0v) is 19.0. The zero-order valence-electron chi connectivity index (χ0n) is 18.3. The number of nitro groups is 2. The van der Waals surface area contributed by atoms with Gasteiger partial charge in [0.15, 0.2) is 0 Å². The molecule has 9 nitrogen and oxygen atoms in total. The number of benzene rings is 3. The molecule has 0 atom stereocenters. The van der Waals surface area contributed by atoms with Crippen LogP contribution in [0, 0.1) is 26.0 Å². The van der Waals surface area contributed by atoms with Gasteiger partial charge in [-0.2, -0.15) is 18.3 Å². The van der Waals surface area contributed by atoms with E-state index in [2.05, 4.69) is 5.10 Å². The van der Waals surface area contributed by atoms with Gasteiger partial charge in [0.05, 0.1) is 26.1 Å². The van der Waals surface area contributed by atoms with Crippen molar-refractivity contribution in [3.63, 3.8) is 0 Å². The van der Waals surface area contributed by atoms with Crippen molar-refractivity contribution in [2.24, 2.45) is 0 Å². The fourth-order valence-corrected chi connectivity index (χ4v) is 3.65. The molecular formula is C23H13ClF4N4O5. The molecular weight excluding hydrogens is 524 g/mol. The van der Waals surface area contributed by atoms with Gasteiger partial charge in [0.2, 0.25) is 5.69 Å². The van der Waals surface area contributed by atoms with Crippen LogP contribution in [0.15, 0.2) is 66.9 Å². The molecule has 3 aromatic carbocycles. The second-order valence-electron chi connectivity index (χ2n) is 7.53. The van der Waals surface area contributed by atoms with E-state index in [-0.39, 0.29) is 35.0 Å². The van der Waals surface area contributed by atoms with Crippen molar-refractivity contribution < 1.29 is 32.1 Å². The van der Waals surface area contributed by atoms with Crippen LogP contribution in [0.3, 0.4) is 0 Å². The Morgan fingerprint density at radius 1 is 0.973 bits per heavy atom. The Bertz CT molecular complexity index is 1450. The number of nitrogens with zero attached hydrogens (tertiary/aromatic N) is 4. The quantitative estimate of drug-likeness (QED) is 0.147. The number of hydrogen-bond acceptors (Lipinski definition) is 6. The maximum Gasteiger partial charge on any atom is 0.416 e. The van der Waals surface area contributed by atoms with Gasteiger partial charge in [0.25, 0.3) is 0 Å². The molecule has 0 aliphatic carbocycles. The first kappa shape index (κ1) is 25.6. The minimum atomic E-state index is -5.04. The van der Waals surface area contributed by atoms with E-state index in [9.17, 15) is 37.8 Å². The smallest absolute Gasteiger partial charge is 0.416 e. The van der Waals surface area contributed by atoms with E-state index in [1.807, 2.05) is 0 Å². The second-order valence-corrected chi connectivity index (χ2v) is 7.94. The number of hydrogen-bond donors (Lipinski definition) is 0. The van der Waals surface area contributed by atoms with Gasteiger partial charge in [-0.05, 0) is 42.5 Å². The van der Waals surface area contributed by atoms with Crippen LogP contribution in [0.5, 0.6) is 5.75 Å². The Morgan fingerprint density at radius 3 is 2.14 bits per heavy atom. The largest absolute Gasteiger partial charge is 0.489 e. The third-order valence-electron chi connectivity index (χ3n) is 5.20. The van der Waals surface area contributed by atoms with Crippen molar-refractivity contribution in [2.75, 3.05) is 0 Å². The summed E-state index contributed by atoms with van der Waals surface area (Å²) in [6, 6.07) is 12.2. The fraction of sp³-hybridized carbons (Fsp3) is 0.0870. The van der Waals surface area contributed by atoms with Crippen molar-refractivity contribution in [3.05, 3.63) is 109 Å². The van der Waals surface area contributed by atoms with E-state index >= 15 is 0 Å². The summed E-state index contributed by atoms with van der Waals surface area (Å²) in [4.78, 5) is 20.7. The van der Waals surface area contributed by atoms with E-state index in [1.54, 1.807) is 12.1 Å². The van der Waals surface area contributed by atoms with Gasteiger partial charge in [-0.3, -0.25) is 20.2 Å². The summed E-state index contributed by atoms with van der Waals surface area (Å²) in [5.74, 6) is -0.169. The summed E-state index contributed by atoms with van der Waals surface area (Å²) in [5, 5.41) is 27.3. The highest BCUT2D eigenvalue weighted by Crippen LogP contribution is 2.40. The molecule has 1 aromatic heterocycles. The summed E-state index contributed by atoms with van der Waals surface area (Å²) < 4.78 is 59.7. The van der Waals surface area contributed by atoms with Crippen LogP contribution < -0.4 is 4.74 Å². The molecule has 0 spiro atoms. The molecule has 0 saturated carbocycles. The summed E-state index contributed by atoms with van der Waals surface area (Å²) in [7, 11) is 0. The molecule has 14 heteroatoms. The summed E-state index contributed by atoms with van der Waals surface area (Å²) in [6.07, 6.45) is -3.88. The van der Waals surface area contributed by atoms with Crippen LogP contribution in [0.25, 0.3) is 16.9 Å². The van der Waals surface area contributed by atoms with Crippen molar-refractivity contribution in [2.45, 2.75) is 12.8 Å². The Hall–Kier alpha value is -4.52. The van der Waals surface area contributed by atoms with Crippen molar-refractivity contribution in [1.29, 1.82) is 0 Å². The summed E-state index contributed by atoms with van der Waals surface area (Å²) >= 11 is 5.98. The predicted octanol–water partition coefficient (Wildman–Crippen LogP) is 6.75. The molecule has 190 valence electrons. The molecule has 0 N–H and O–H groups in total. The molecule has 37 heavy (non-hydrogen) atoms. The Kier molecular flexibility index (Phi) is 6.81. The molecule has 0 saturated heterocycles. The van der Waals surface area contributed by atoms with E-state index in [0.717, 1.165) is 10.9 Å². The highest BCUT2D eigenvalue weighted by atomic mass is 35.5. The van der Waals surface area contributed by atoms with E-state index in [4.69, 9.17) is 16.3 Å². The lowest BCUT2D eigenvalue weighted by atomic mass is 10.1. The molecule has 0 amide bonds. The monoisotopic (exact) mass is 536 g/mol. The molecule has 1 heterocycles. The fourth-order valence-electron chi connectivity index (χ4n) is 3.43. The van der Waals surface area contributed by atoms with Gasteiger partial charge >= 0.3 is 17.6 Å². The second kappa shape index (κ2) is 9.85. The summed E-state index contributed by atoms with van der Waals surface area (Å²) in [5.41, 5.74) is -3.67. The SMILES string of the molecule is O=[N+]([O-])c1cc(C(F)(F)F)cc([N+](=O)[O-])c1-n1ccc(-c2ccc(OCc3c(F)cccc3Cl)cc2)n1. The van der Waals surface area contributed by atoms with Crippen LogP contribution in [-0.4, -0.2) is 19.6 Å². The minimum Gasteiger partial charge on any atom is -0.489 e. The lowest BCUT2D eigenvalue weighted by molar-refractivity contribution is -0.394. The van der Waals surface area contributed by atoms with Crippen LogP contribution in [-0.2, 0) is 12.8 Å². The van der Waals surface area contributed by atoms with Crippen LogP contribution in [0.2, 0.25) is 5.02 Å². The molecule has 0 aliphatic rings. The van der Waals surface area contributed by atoms with E-state index in [1.165, 1.54) is 36.4 Å². The van der Waals surface area contributed by atoms with E-state index < -0.39 is 44.5 Å². The average molecular weight is 537 g/mol. The predicted molar refractivity (Wildman–Crippen MR) is 123 cm³/mol. The topological polar surface area (TPSA) is 113 Å². The minimum absolute atomic E-state index is 0.138. The van der Waals surface area contributed by atoms with Crippen molar-refractivity contribution in [1.82, 2.24) is 9.78 Å². The lowest BCUT2D eigenvalue weighted by Gasteiger charge is -2.10. The Morgan fingerprint density at radius 2 is 1.59 bits per heavy atom. The van der Waals surface area contributed by atoms with Crippen molar-refractivity contribution >= 4 is 23.0 Å². The third-order valence-corrected chi connectivity index (χ3v) is 5.56. The van der Waals surface area contributed by atoms with Gasteiger partial charge in [-0.15, -0.1) is 0 Å². The average Bonchev–Trinajstić information content (AvgIpc) is 3.32. The van der Waals surface area contributed by atoms with Crippen LogP contribution in [0.4, 0.5) is 28.9 Å². The van der Waals surface area contributed by atoms with Crippen LogP contribution >= 0.6 is 11.6 Å². The normalized spacial score (nSPS) is 11.4. The molecule has 0 aliphatic heterocycles. The molecule has 4 aromatic rings. The Labute approximate surface area is 209 Å². The molecule has 0 unspecified atom stereocenters.